The molecular formula is C27H41Cl2N5O2+2. The third kappa shape index (κ3) is 8.54. The number of Topliss-reactive ketones (excluding diaryl/α,β-unsaturated/α-hetero) is 1. The molecule has 0 saturated heterocycles. The molecule has 0 atom stereocenters. The van der Waals surface area contributed by atoms with Crippen molar-refractivity contribution in [3.8, 4) is 0 Å². The summed E-state index contributed by atoms with van der Waals surface area (Å²) in [7, 11) is 0. The van der Waals surface area contributed by atoms with Crippen molar-refractivity contribution >= 4 is 34.9 Å². The maximum atomic E-state index is 12.5. The van der Waals surface area contributed by atoms with E-state index in [1.165, 1.54) is 0 Å². The first-order valence-corrected chi connectivity index (χ1v) is 13.4. The van der Waals surface area contributed by atoms with Crippen LogP contribution < -0.4 is 16.8 Å². The van der Waals surface area contributed by atoms with Crippen molar-refractivity contribution in [2.75, 3.05) is 46.1 Å². The van der Waals surface area contributed by atoms with Gasteiger partial charge in [0.2, 0.25) is 5.78 Å². The van der Waals surface area contributed by atoms with Crippen LogP contribution in [0.4, 0.5) is 0 Å². The minimum absolute atomic E-state index is 0.148. The predicted octanol–water partition coefficient (Wildman–Crippen LogP) is 3.66. The Morgan fingerprint density at radius 1 is 0.806 bits per heavy atom. The van der Waals surface area contributed by atoms with Gasteiger partial charge in [-0.1, -0.05) is 59.6 Å². The van der Waals surface area contributed by atoms with Crippen molar-refractivity contribution < 1.29 is 18.6 Å². The number of carbonyl (C=O) groups excluding carboxylic acids is 2. The first-order valence-electron chi connectivity index (χ1n) is 12.6. The number of carbonyl (C=O) groups is 2. The lowest BCUT2D eigenvalue weighted by molar-refractivity contribution is -0.940. The van der Waals surface area contributed by atoms with Crippen LogP contribution in [0.1, 0.15) is 37.8 Å². The van der Waals surface area contributed by atoms with Gasteiger partial charge in [-0.05, 0) is 26.0 Å². The van der Waals surface area contributed by atoms with Gasteiger partial charge in [0.25, 0.3) is 5.91 Å². The van der Waals surface area contributed by atoms with E-state index in [0.717, 1.165) is 46.8 Å². The van der Waals surface area contributed by atoms with E-state index < -0.39 is 11.7 Å². The van der Waals surface area contributed by atoms with Crippen molar-refractivity contribution in [2.24, 2.45) is 11.5 Å². The van der Waals surface area contributed by atoms with Crippen LogP contribution in [0.3, 0.4) is 0 Å². The van der Waals surface area contributed by atoms with E-state index in [9.17, 15) is 9.59 Å². The summed E-state index contributed by atoms with van der Waals surface area (Å²) in [4.78, 5) is 25.0. The molecule has 0 unspecified atom stereocenters. The lowest BCUT2D eigenvalue weighted by Gasteiger charge is -2.37. The van der Waals surface area contributed by atoms with Gasteiger partial charge < -0.3 is 9.80 Å². The molecule has 0 spiro atoms. The molecule has 0 bridgehead atoms. The quantitative estimate of drug-likeness (QED) is 0.173. The average molecular weight is 539 g/mol. The molecule has 9 heteroatoms. The Morgan fingerprint density at radius 2 is 1.31 bits per heavy atom. The fourth-order valence-electron chi connectivity index (χ4n) is 4.48. The summed E-state index contributed by atoms with van der Waals surface area (Å²) in [6.45, 7) is 9.79. The summed E-state index contributed by atoms with van der Waals surface area (Å²) in [5.74, 6) is -0.958. The molecule has 36 heavy (non-hydrogen) atoms. The molecule has 0 fully saturated rings. The molecule has 2 rings (SSSR count). The van der Waals surface area contributed by atoms with E-state index >= 15 is 0 Å². The number of hydrogen-bond donors (Lipinski definition) is 3. The van der Waals surface area contributed by atoms with Crippen LogP contribution in [0.25, 0.3) is 0 Å². The molecular weight excluding hydrogens is 497 g/mol. The fourth-order valence-corrected chi connectivity index (χ4v) is 4.87. The van der Waals surface area contributed by atoms with Gasteiger partial charge in [-0.15, -0.1) is 0 Å². The molecule has 0 aliphatic carbocycles. The molecule has 0 saturated carbocycles. The van der Waals surface area contributed by atoms with E-state index in [-0.39, 0.29) is 6.42 Å². The van der Waals surface area contributed by atoms with Crippen molar-refractivity contribution in [3.05, 3.63) is 69.7 Å². The highest BCUT2D eigenvalue weighted by Gasteiger charge is 2.28. The van der Waals surface area contributed by atoms with Crippen molar-refractivity contribution in [2.45, 2.75) is 39.8 Å². The molecule has 0 radical (unpaired) electrons. The number of quaternary nitrogens is 2. The Bertz CT molecular complexity index is 914. The number of nitrogens with zero attached hydrogens (tertiary/aromatic N) is 2. The van der Waals surface area contributed by atoms with Gasteiger partial charge in [-0.3, -0.25) is 25.5 Å². The summed E-state index contributed by atoms with van der Waals surface area (Å²) in [6, 6.07) is 15.4. The molecule has 0 heterocycles. The zero-order valence-corrected chi connectivity index (χ0v) is 23.0. The van der Waals surface area contributed by atoms with Crippen molar-refractivity contribution in [1.82, 2.24) is 5.32 Å². The lowest BCUT2D eigenvalue weighted by Crippen LogP contribution is -2.55. The maximum absolute atomic E-state index is 12.5. The van der Waals surface area contributed by atoms with E-state index in [1.54, 1.807) is 0 Å². The first kappa shape index (κ1) is 30.2. The summed E-state index contributed by atoms with van der Waals surface area (Å²) in [6.07, 6.45) is 0.664. The van der Waals surface area contributed by atoms with Crippen molar-refractivity contribution in [3.63, 3.8) is 0 Å². The third-order valence-corrected chi connectivity index (χ3v) is 7.94. The average Bonchev–Trinajstić information content (AvgIpc) is 2.89. The Labute approximate surface area is 225 Å². The van der Waals surface area contributed by atoms with Gasteiger partial charge in [-0.25, -0.2) is 0 Å². The minimum atomic E-state index is -0.539. The number of ketones is 1. The molecule has 198 valence electrons. The molecule has 0 aliphatic rings. The van der Waals surface area contributed by atoms with Crippen LogP contribution in [0.2, 0.25) is 10.0 Å². The summed E-state index contributed by atoms with van der Waals surface area (Å²) in [5, 5.41) is 4.24. The second-order valence-electron chi connectivity index (χ2n) is 9.41. The normalized spacial score (nSPS) is 11.9. The van der Waals surface area contributed by atoms with Gasteiger partial charge in [0, 0.05) is 34.0 Å². The lowest BCUT2D eigenvalue weighted by atomic mass is 10.1. The van der Waals surface area contributed by atoms with E-state index in [4.69, 9.17) is 34.7 Å². The van der Waals surface area contributed by atoms with Gasteiger partial charge >= 0.3 is 0 Å². The van der Waals surface area contributed by atoms with E-state index in [2.05, 4.69) is 19.2 Å². The smallest absolute Gasteiger partial charge is 0.287 e. The molecule has 0 aromatic heterocycles. The van der Waals surface area contributed by atoms with Gasteiger partial charge in [-0.2, -0.15) is 0 Å². The summed E-state index contributed by atoms with van der Waals surface area (Å²) >= 11 is 12.7. The zero-order chi connectivity index (χ0) is 26.6. The highest BCUT2D eigenvalue weighted by atomic mass is 35.5. The number of nitrogens with one attached hydrogen (secondary N) is 1. The number of nitrogens with two attached hydrogens (primary N) is 2. The largest absolute Gasteiger partial charge is 0.344 e. The van der Waals surface area contributed by atoms with Crippen LogP contribution in [-0.2, 0) is 22.7 Å². The molecule has 0 aliphatic heterocycles. The van der Waals surface area contributed by atoms with E-state index in [0.29, 0.717) is 48.9 Å². The predicted molar refractivity (Wildman–Crippen MR) is 147 cm³/mol. The van der Waals surface area contributed by atoms with Gasteiger partial charge in [0.1, 0.15) is 26.4 Å². The number of amides is 1. The second kappa shape index (κ2) is 14.7. The number of halogens is 2. The Kier molecular flexibility index (Phi) is 12.3. The summed E-state index contributed by atoms with van der Waals surface area (Å²) < 4.78 is 1.17. The van der Waals surface area contributed by atoms with Crippen LogP contribution in [-0.4, -0.2) is 66.7 Å². The number of rotatable bonds is 16. The Morgan fingerprint density at radius 3 is 1.78 bits per heavy atom. The molecule has 5 N–H and O–H groups in total. The van der Waals surface area contributed by atoms with Crippen LogP contribution in [0.15, 0.2) is 48.5 Å². The van der Waals surface area contributed by atoms with Crippen LogP contribution in [0, 0.1) is 0 Å². The highest BCUT2D eigenvalue weighted by molar-refractivity contribution is 6.36. The van der Waals surface area contributed by atoms with Gasteiger partial charge in [0.15, 0.2) is 0 Å². The molecule has 2 aromatic rings. The fraction of sp³-hybridized carbons (Fsp3) is 0.481. The Balaban J connectivity index is 1.86. The zero-order valence-electron chi connectivity index (χ0n) is 21.5. The number of benzene rings is 2. The standard InChI is InChI=1S/C27H40Cl2N5O2/c1-3-33(4-2,18-22-10-5-7-12-24(22)28)17-15-32-27(36)26(35)14-9-16-34(20-30,21-31)19-23-11-6-8-13-25(23)29/h5-8,10-13H,3-4,9,14-21,30-31H2,1-2H3/q+1/p+1. The molecule has 1 amide bonds. The molecule has 2 aromatic carbocycles. The van der Waals surface area contributed by atoms with Gasteiger partial charge in [0.05, 0.1) is 32.7 Å². The molecule has 7 nitrogen and oxygen atoms in total. The Hall–Kier alpha value is -2.00. The van der Waals surface area contributed by atoms with Crippen molar-refractivity contribution in [1.29, 1.82) is 0 Å². The summed E-state index contributed by atoms with van der Waals surface area (Å²) in [5.41, 5.74) is 14.2. The van der Waals surface area contributed by atoms with Crippen LogP contribution in [0.5, 0.6) is 0 Å². The maximum Gasteiger partial charge on any atom is 0.287 e. The van der Waals surface area contributed by atoms with E-state index in [1.807, 2.05) is 48.5 Å². The second-order valence-corrected chi connectivity index (χ2v) is 10.2. The number of hydrogen-bond acceptors (Lipinski definition) is 4. The first-order chi connectivity index (χ1) is 17.2. The monoisotopic (exact) mass is 537 g/mol. The van der Waals surface area contributed by atoms with Crippen LogP contribution >= 0.6 is 23.2 Å². The topological polar surface area (TPSA) is 98.2 Å². The highest BCUT2D eigenvalue weighted by Crippen LogP contribution is 2.22. The third-order valence-electron chi connectivity index (χ3n) is 7.20. The SMILES string of the molecule is CC[N+](CC)(CCNC(=O)C(=O)CCC[N+](CN)(CN)Cc1ccccc1Cl)Cc1ccccc1Cl. The minimum Gasteiger partial charge on any atom is -0.344 e. The number of likely N-dealkylation sites (N-methyl/N-ethyl adjacent to an activating group) is 1.